The number of aliphatic hydroxyl groups is 1. The van der Waals surface area contributed by atoms with Crippen LogP contribution >= 0.6 is 0 Å². The van der Waals surface area contributed by atoms with Gasteiger partial charge in [-0.3, -0.25) is 14.4 Å². The summed E-state index contributed by atoms with van der Waals surface area (Å²) < 4.78 is 6.88. The molecule has 46 heavy (non-hydrogen) atoms. The van der Waals surface area contributed by atoms with Gasteiger partial charge in [0.2, 0.25) is 17.7 Å². The molecule has 3 aliphatic rings. The molecule has 3 aliphatic heterocycles. The summed E-state index contributed by atoms with van der Waals surface area (Å²) in [6.07, 6.45) is 0.435. The topological polar surface area (TPSA) is 111 Å². The van der Waals surface area contributed by atoms with Gasteiger partial charge < -0.3 is 30.3 Å². The summed E-state index contributed by atoms with van der Waals surface area (Å²) in [6.45, 7) is 9.76. The van der Waals surface area contributed by atoms with Gasteiger partial charge in [0.05, 0.1) is 30.1 Å². The Kier molecular flexibility index (Phi) is 8.65. The fraction of sp³-hybridized carbons (Fsp3) is 0.432. The monoisotopic (exact) mass is 624 g/mol. The minimum absolute atomic E-state index is 0.100. The Bertz CT molecular complexity index is 1560. The Morgan fingerprint density at radius 1 is 0.978 bits per heavy atom. The zero-order chi connectivity index (χ0) is 32.6. The van der Waals surface area contributed by atoms with Crippen LogP contribution in [0, 0.1) is 17.8 Å². The Hall–Kier alpha value is -4.21. The number of benzene rings is 3. The fourth-order valence-corrected chi connectivity index (χ4v) is 8.19. The van der Waals surface area contributed by atoms with Gasteiger partial charge in [0.1, 0.15) is 11.6 Å². The predicted molar refractivity (Wildman–Crippen MR) is 177 cm³/mol. The average Bonchev–Trinajstić information content (AvgIpc) is 3.59. The number of nitrogens with zero attached hydrogens (tertiary/aromatic N) is 2. The van der Waals surface area contributed by atoms with E-state index in [2.05, 4.69) is 29.4 Å². The Labute approximate surface area is 270 Å². The number of carbonyl (C=O) groups excluding carboxylic acids is 3. The second-order valence-electron chi connectivity index (χ2n) is 13.0. The van der Waals surface area contributed by atoms with Crippen molar-refractivity contribution in [1.82, 2.24) is 10.2 Å². The molecule has 2 bridgehead atoms. The molecule has 0 radical (unpaired) electrons. The number of fused-ring (bicyclic) bond motifs is 1. The normalized spacial score (nSPS) is 28.5. The van der Waals surface area contributed by atoms with Crippen molar-refractivity contribution in [2.75, 3.05) is 29.9 Å². The summed E-state index contributed by atoms with van der Waals surface area (Å²) in [5.74, 6) is -2.82. The summed E-state index contributed by atoms with van der Waals surface area (Å²) in [4.78, 5) is 47.0. The fourth-order valence-electron chi connectivity index (χ4n) is 8.19. The van der Waals surface area contributed by atoms with Crippen LogP contribution in [-0.4, -0.2) is 64.7 Å². The first-order valence-corrected chi connectivity index (χ1v) is 16.3. The molecule has 3 unspecified atom stereocenters. The lowest BCUT2D eigenvalue weighted by Gasteiger charge is -2.37. The van der Waals surface area contributed by atoms with Crippen molar-refractivity contribution < 1.29 is 24.2 Å². The summed E-state index contributed by atoms with van der Waals surface area (Å²) in [5, 5.41) is 16.9. The number of likely N-dealkylation sites (tertiary alicyclic amines) is 1. The molecule has 3 amide bonds. The van der Waals surface area contributed by atoms with Crippen LogP contribution < -0.4 is 15.5 Å². The predicted octanol–water partition coefficient (Wildman–Crippen LogP) is 4.53. The van der Waals surface area contributed by atoms with E-state index in [9.17, 15) is 19.5 Å². The molecular formula is C37H44N4O5. The SMILES string of the molecule is CCN(CC)c1ccc(NC(=O)C2N([C@H](CO)c3ccccc3)C(=O)[C@@H]3[C@H](C(=O)NCc4ccccc4)[C@@]4(C)OC23CC4C)cc1. The van der Waals surface area contributed by atoms with Gasteiger partial charge in [-0.05, 0) is 68.5 Å². The molecule has 9 nitrogen and oxygen atoms in total. The van der Waals surface area contributed by atoms with Gasteiger partial charge in [-0.2, -0.15) is 0 Å². The molecule has 1 spiro atoms. The van der Waals surface area contributed by atoms with Crippen molar-refractivity contribution in [1.29, 1.82) is 0 Å². The Balaban J connectivity index is 1.38. The maximum Gasteiger partial charge on any atom is 0.250 e. The van der Waals surface area contributed by atoms with Crippen LogP contribution in [0.15, 0.2) is 84.9 Å². The van der Waals surface area contributed by atoms with Crippen molar-refractivity contribution >= 4 is 29.1 Å². The van der Waals surface area contributed by atoms with Gasteiger partial charge in [0.15, 0.2) is 0 Å². The number of nitrogens with one attached hydrogen (secondary N) is 2. The van der Waals surface area contributed by atoms with E-state index in [4.69, 9.17) is 4.74 Å². The van der Waals surface area contributed by atoms with Gasteiger partial charge in [0, 0.05) is 31.0 Å². The lowest BCUT2D eigenvalue weighted by atomic mass is 9.62. The third-order valence-electron chi connectivity index (χ3n) is 10.5. The molecule has 3 aromatic rings. The summed E-state index contributed by atoms with van der Waals surface area (Å²) in [6, 6.07) is 24.6. The van der Waals surface area contributed by atoms with Gasteiger partial charge in [-0.25, -0.2) is 0 Å². The first kappa shape index (κ1) is 31.8. The third kappa shape index (κ3) is 5.15. The van der Waals surface area contributed by atoms with Gasteiger partial charge >= 0.3 is 0 Å². The van der Waals surface area contributed by atoms with Crippen LogP contribution in [0.25, 0.3) is 0 Å². The highest BCUT2D eigenvalue weighted by Gasteiger charge is 2.80. The maximum absolute atomic E-state index is 14.7. The summed E-state index contributed by atoms with van der Waals surface area (Å²) in [5.41, 5.74) is 1.10. The molecular weight excluding hydrogens is 580 g/mol. The van der Waals surface area contributed by atoms with Crippen molar-refractivity contribution in [2.45, 2.75) is 63.9 Å². The van der Waals surface area contributed by atoms with Crippen molar-refractivity contribution in [3.63, 3.8) is 0 Å². The first-order chi connectivity index (χ1) is 22.2. The van der Waals surface area contributed by atoms with Crippen LogP contribution in [0.1, 0.15) is 51.3 Å². The molecule has 6 rings (SSSR count). The van der Waals surface area contributed by atoms with Crippen LogP contribution in [0.5, 0.6) is 0 Å². The Morgan fingerprint density at radius 3 is 2.22 bits per heavy atom. The highest BCUT2D eigenvalue weighted by atomic mass is 16.5. The molecule has 3 aromatic carbocycles. The van der Waals surface area contributed by atoms with E-state index in [-0.39, 0.29) is 17.7 Å². The van der Waals surface area contributed by atoms with Crippen molar-refractivity contribution in [2.24, 2.45) is 17.8 Å². The molecule has 242 valence electrons. The summed E-state index contributed by atoms with van der Waals surface area (Å²) >= 11 is 0. The molecule has 3 saturated heterocycles. The quantitative estimate of drug-likeness (QED) is 0.289. The lowest BCUT2D eigenvalue weighted by Crippen LogP contribution is -2.55. The molecule has 0 saturated carbocycles. The summed E-state index contributed by atoms with van der Waals surface area (Å²) in [7, 11) is 0. The number of hydrogen-bond donors (Lipinski definition) is 3. The number of carbonyl (C=O) groups is 3. The molecule has 7 atom stereocenters. The number of rotatable bonds is 11. The molecule has 3 N–H and O–H groups in total. The van der Waals surface area contributed by atoms with E-state index >= 15 is 0 Å². The number of ether oxygens (including phenoxy) is 1. The number of hydrogen-bond acceptors (Lipinski definition) is 6. The average molecular weight is 625 g/mol. The minimum atomic E-state index is -1.24. The van der Waals surface area contributed by atoms with E-state index in [1.165, 1.54) is 4.90 Å². The van der Waals surface area contributed by atoms with Crippen molar-refractivity contribution in [3.05, 3.63) is 96.1 Å². The lowest BCUT2D eigenvalue weighted by molar-refractivity contribution is -0.149. The second-order valence-corrected chi connectivity index (χ2v) is 13.0. The van der Waals surface area contributed by atoms with Gasteiger partial charge in [-0.15, -0.1) is 0 Å². The number of amides is 3. The molecule has 3 heterocycles. The van der Waals surface area contributed by atoms with E-state index < -0.39 is 47.6 Å². The van der Waals surface area contributed by atoms with Crippen LogP contribution in [0.3, 0.4) is 0 Å². The molecule has 0 aromatic heterocycles. The molecule has 9 heteroatoms. The van der Waals surface area contributed by atoms with Crippen LogP contribution in [-0.2, 0) is 25.7 Å². The highest BCUT2D eigenvalue weighted by Crippen LogP contribution is 2.66. The Morgan fingerprint density at radius 2 is 1.61 bits per heavy atom. The third-order valence-corrected chi connectivity index (χ3v) is 10.5. The van der Waals surface area contributed by atoms with E-state index in [0.29, 0.717) is 24.2 Å². The zero-order valence-corrected chi connectivity index (χ0v) is 27.0. The van der Waals surface area contributed by atoms with Crippen LogP contribution in [0.2, 0.25) is 0 Å². The zero-order valence-electron chi connectivity index (χ0n) is 27.0. The van der Waals surface area contributed by atoms with Gasteiger partial charge in [0.25, 0.3) is 0 Å². The van der Waals surface area contributed by atoms with Crippen molar-refractivity contribution in [3.8, 4) is 0 Å². The number of anilines is 2. The smallest absolute Gasteiger partial charge is 0.250 e. The van der Waals surface area contributed by atoms with Crippen LogP contribution in [0.4, 0.5) is 11.4 Å². The standard InChI is InChI=1S/C37H44N4O5/c1-5-40(6-2)28-19-17-27(18-20-28)39-34(44)32-37-21-24(3)36(4,46-37)30(33(43)38-22-25-13-9-7-10-14-25)31(37)35(45)41(32)29(23-42)26-15-11-8-12-16-26/h7-20,24,29-32,42H,5-6,21-23H2,1-4H3,(H,38,43)(H,39,44)/t24?,29-,30-,31+,32?,36+,37?/m1/s1. The minimum Gasteiger partial charge on any atom is -0.394 e. The van der Waals surface area contributed by atoms with E-state index in [1.807, 2.05) is 98.8 Å². The number of aliphatic hydroxyl groups excluding tert-OH is 1. The van der Waals surface area contributed by atoms with E-state index in [0.717, 1.165) is 24.3 Å². The molecule has 3 fully saturated rings. The first-order valence-electron chi connectivity index (χ1n) is 16.3. The molecule has 0 aliphatic carbocycles. The highest BCUT2D eigenvalue weighted by molar-refractivity contribution is 6.04. The largest absolute Gasteiger partial charge is 0.394 e. The van der Waals surface area contributed by atoms with E-state index in [1.54, 1.807) is 0 Å². The second kappa shape index (κ2) is 12.5. The van der Waals surface area contributed by atoms with Gasteiger partial charge in [-0.1, -0.05) is 67.6 Å². The maximum atomic E-state index is 14.7.